The zero-order valence-electron chi connectivity index (χ0n) is 22.1. The lowest BCUT2D eigenvalue weighted by atomic mass is 9.72. The molecule has 32 heavy (non-hydrogen) atoms. The maximum atomic E-state index is 13.0. The van der Waals surface area contributed by atoms with Gasteiger partial charge in [0.1, 0.15) is 11.2 Å². The highest BCUT2D eigenvalue weighted by molar-refractivity contribution is 5.74. The van der Waals surface area contributed by atoms with E-state index in [1.807, 2.05) is 48.7 Å². The Balaban J connectivity index is 2.05. The zero-order valence-corrected chi connectivity index (χ0v) is 22.1. The van der Waals surface area contributed by atoms with Crippen LogP contribution < -0.4 is 0 Å². The van der Waals surface area contributed by atoms with Crippen LogP contribution in [0.4, 0.5) is 0 Å². The summed E-state index contributed by atoms with van der Waals surface area (Å²) in [5.74, 6) is -0.0374. The normalized spacial score (nSPS) is 29.8. The van der Waals surface area contributed by atoms with Crippen molar-refractivity contribution in [3.05, 3.63) is 0 Å². The van der Waals surface area contributed by atoms with Crippen LogP contribution in [0.5, 0.6) is 0 Å². The van der Waals surface area contributed by atoms with Gasteiger partial charge in [-0.1, -0.05) is 12.8 Å². The summed E-state index contributed by atoms with van der Waals surface area (Å²) >= 11 is 0. The van der Waals surface area contributed by atoms with Gasteiger partial charge in [0, 0.05) is 12.1 Å². The first kappa shape index (κ1) is 27.1. The van der Waals surface area contributed by atoms with Gasteiger partial charge in [-0.2, -0.15) is 0 Å². The van der Waals surface area contributed by atoms with Crippen LogP contribution in [0.15, 0.2) is 0 Å². The van der Waals surface area contributed by atoms with Gasteiger partial charge in [-0.3, -0.25) is 9.59 Å². The van der Waals surface area contributed by atoms with E-state index in [2.05, 4.69) is 23.9 Å². The van der Waals surface area contributed by atoms with Crippen LogP contribution in [-0.2, 0) is 19.1 Å². The molecule has 0 aliphatic heterocycles. The van der Waals surface area contributed by atoms with Crippen molar-refractivity contribution in [2.45, 2.75) is 109 Å². The molecule has 0 aromatic heterocycles. The number of ether oxygens (including phenoxy) is 2. The van der Waals surface area contributed by atoms with Crippen molar-refractivity contribution < 1.29 is 19.1 Å². The molecule has 6 heteroatoms. The molecule has 0 N–H and O–H groups in total. The van der Waals surface area contributed by atoms with Crippen LogP contribution in [0.1, 0.15) is 86.0 Å². The van der Waals surface area contributed by atoms with Crippen LogP contribution in [-0.4, -0.2) is 73.2 Å². The maximum Gasteiger partial charge on any atom is 0.311 e. The molecule has 0 heterocycles. The van der Waals surface area contributed by atoms with Gasteiger partial charge in [0.05, 0.1) is 11.8 Å². The van der Waals surface area contributed by atoms with E-state index in [-0.39, 0.29) is 35.7 Å². The molecular formula is C26H48N2O4. The molecule has 2 saturated carbocycles. The second-order valence-corrected chi connectivity index (χ2v) is 12.2. The van der Waals surface area contributed by atoms with Crippen molar-refractivity contribution in [2.24, 2.45) is 17.8 Å². The average molecular weight is 453 g/mol. The lowest BCUT2D eigenvalue weighted by Crippen LogP contribution is -2.50. The summed E-state index contributed by atoms with van der Waals surface area (Å²) in [4.78, 5) is 30.4. The van der Waals surface area contributed by atoms with Crippen LogP contribution in [0, 0.1) is 17.8 Å². The Morgan fingerprint density at radius 3 is 2.00 bits per heavy atom. The fourth-order valence-corrected chi connectivity index (χ4v) is 5.78. The van der Waals surface area contributed by atoms with Gasteiger partial charge < -0.3 is 19.3 Å². The van der Waals surface area contributed by atoms with Crippen molar-refractivity contribution in [3.8, 4) is 0 Å². The summed E-state index contributed by atoms with van der Waals surface area (Å²) < 4.78 is 11.9. The predicted molar refractivity (Wildman–Crippen MR) is 128 cm³/mol. The van der Waals surface area contributed by atoms with Gasteiger partial charge in [-0.25, -0.2) is 0 Å². The van der Waals surface area contributed by atoms with E-state index in [0.29, 0.717) is 6.04 Å². The van der Waals surface area contributed by atoms with E-state index in [4.69, 9.17) is 9.47 Å². The topological polar surface area (TPSA) is 59.1 Å². The fourth-order valence-electron chi connectivity index (χ4n) is 5.78. The third-order valence-electron chi connectivity index (χ3n) is 7.13. The van der Waals surface area contributed by atoms with Crippen molar-refractivity contribution in [1.82, 2.24) is 9.80 Å². The van der Waals surface area contributed by atoms with Gasteiger partial charge in [0.25, 0.3) is 0 Å². The monoisotopic (exact) mass is 452 g/mol. The summed E-state index contributed by atoms with van der Waals surface area (Å²) in [5, 5.41) is 0. The standard InChI is InChI=1S/C26H48N2O4/c1-25(2,3)31-24(30)21-15-11-13-19(22(21)28(8)9)17-26(4,5)32-23(29)18-12-10-14-20(16-18)27(6)7/h18-22H,10-17H2,1-9H3. The predicted octanol–water partition coefficient (Wildman–Crippen LogP) is 4.51. The van der Waals surface area contributed by atoms with E-state index in [9.17, 15) is 9.59 Å². The van der Waals surface area contributed by atoms with E-state index < -0.39 is 11.2 Å². The van der Waals surface area contributed by atoms with E-state index in [1.54, 1.807) is 0 Å². The number of nitrogens with zero attached hydrogens (tertiary/aromatic N) is 2. The minimum atomic E-state index is -0.559. The zero-order chi connectivity index (χ0) is 24.3. The van der Waals surface area contributed by atoms with Crippen LogP contribution >= 0.6 is 0 Å². The van der Waals surface area contributed by atoms with Crippen LogP contribution in [0.3, 0.4) is 0 Å². The van der Waals surface area contributed by atoms with Gasteiger partial charge in [0.15, 0.2) is 0 Å². The molecule has 6 nitrogen and oxygen atoms in total. The van der Waals surface area contributed by atoms with Crippen LogP contribution in [0.2, 0.25) is 0 Å². The van der Waals surface area contributed by atoms with Gasteiger partial charge in [0.2, 0.25) is 0 Å². The molecule has 0 bridgehead atoms. The summed E-state index contributed by atoms with van der Waals surface area (Å²) in [5.41, 5.74) is -1.04. The molecule has 5 unspecified atom stereocenters. The maximum absolute atomic E-state index is 13.0. The molecule has 0 aromatic rings. The first-order valence-corrected chi connectivity index (χ1v) is 12.5. The third kappa shape index (κ3) is 7.72. The average Bonchev–Trinajstić information content (AvgIpc) is 2.65. The quantitative estimate of drug-likeness (QED) is 0.530. The Hall–Kier alpha value is -1.14. The highest BCUT2D eigenvalue weighted by atomic mass is 16.6. The molecule has 0 radical (unpaired) electrons. The number of carbonyl (C=O) groups is 2. The highest BCUT2D eigenvalue weighted by Crippen LogP contribution is 2.39. The first-order chi connectivity index (χ1) is 14.7. The lowest BCUT2D eigenvalue weighted by molar-refractivity contribution is -0.170. The van der Waals surface area contributed by atoms with Crippen molar-refractivity contribution in [3.63, 3.8) is 0 Å². The minimum absolute atomic E-state index is 0.0130. The summed E-state index contributed by atoms with van der Waals surface area (Å²) in [6.07, 6.45) is 7.67. The molecule has 2 rings (SSSR count). The Labute approximate surface area is 196 Å². The molecule has 5 atom stereocenters. The number of esters is 2. The molecule has 0 aromatic carbocycles. The third-order valence-corrected chi connectivity index (χ3v) is 7.13. The van der Waals surface area contributed by atoms with E-state index >= 15 is 0 Å². The smallest absolute Gasteiger partial charge is 0.311 e. The van der Waals surface area contributed by atoms with Crippen molar-refractivity contribution >= 4 is 11.9 Å². The van der Waals surface area contributed by atoms with E-state index in [1.165, 1.54) is 0 Å². The van der Waals surface area contributed by atoms with Gasteiger partial charge >= 0.3 is 11.9 Å². The molecule has 2 aliphatic carbocycles. The fraction of sp³-hybridized carbons (Fsp3) is 0.923. The Morgan fingerprint density at radius 2 is 1.44 bits per heavy atom. The summed E-state index contributed by atoms with van der Waals surface area (Å²) in [6, 6.07) is 0.542. The molecule has 0 spiro atoms. The highest BCUT2D eigenvalue weighted by Gasteiger charge is 2.43. The molecule has 0 amide bonds. The van der Waals surface area contributed by atoms with E-state index in [0.717, 1.165) is 51.4 Å². The molecular weight excluding hydrogens is 404 g/mol. The minimum Gasteiger partial charge on any atom is -0.460 e. The summed E-state index contributed by atoms with van der Waals surface area (Å²) in [6.45, 7) is 9.82. The Morgan fingerprint density at radius 1 is 0.812 bits per heavy atom. The summed E-state index contributed by atoms with van der Waals surface area (Å²) in [7, 11) is 8.27. The van der Waals surface area contributed by atoms with Crippen molar-refractivity contribution in [1.29, 1.82) is 0 Å². The van der Waals surface area contributed by atoms with Gasteiger partial charge in [-0.15, -0.1) is 0 Å². The van der Waals surface area contributed by atoms with Crippen molar-refractivity contribution in [2.75, 3.05) is 28.2 Å². The lowest BCUT2D eigenvalue weighted by Gasteiger charge is -2.44. The second kappa shape index (κ2) is 10.9. The molecule has 2 aliphatic rings. The molecule has 186 valence electrons. The number of hydrogen-bond donors (Lipinski definition) is 0. The molecule has 2 fully saturated rings. The number of carbonyl (C=O) groups excluding carboxylic acids is 2. The Bertz CT molecular complexity index is 638. The number of rotatable bonds is 7. The SMILES string of the molecule is CN(C)C1CCCC(C(=O)OC(C)(C)CC2CCCC(C(=O)OC(C)(C)C)C2N(C)C)C1. The van der Waals surface area contributed by atoms with Crippen LogP contribution in [0.25, 0.3) is 0 Å². The first-order valence-electron chi connectivity index (χ1n) is 12.5. The largest absolute Gasteiger partial charge is 0.460 e. The second-order valence-electron chi connectivity index (χ2n) is 12.2. The Kier molecular flexibility index (Phi) is 9.20. The van der Waals surface area contributed by atoms with Gasteiger partial charge in [-0.05, 0) is 107 Å². The number of hydrogen-bond acceptors (Lipinski definition) is 6. The molecule has 0 saturated heterocycles.